The number of carbonyl (C=O) groups is 1. The van der Waals surface area contributed by atoms with E-state index in [0.29, 0.717) is 6.54 Å². The van der Waals surface area contributed by atoms with Crippen LogP contribution in [0, 0.1) is 24.7 Å². The van der Waals surface area contributed by atoms with E-state index in [0.717, 1.165) is 34.8 Å². The van der Waals surface area contributed by atoms with Crippen molar-refractivity contribution in [3.63, 3.8) is 0 Å². The molecule has 0 spiro atoms. The number of methoxy groups -OCH3 is 1. The zero-order valence-electron chi connectivity index (χ0n) is 14.7. The number of ether oxygens (including phenoxy) is 1. The normalized spacial score (nSPS) is 33.5. The molecule has 4 heteroatoms. The second-order valence-electron chi connectivity index (χ2n) is 8.28. The smallest absolute Gasteiger partial charge is 0.238 e. The first-order valence-corrected chi connectivity index (χ1v) is 9.25. The molecule has 1 aromatic carbocycles. The van der Waals surface area contributed by atoms with Crippen molar-refractivity contribution in [2.45, 2.75) is 51.0 Å². The van der Waals surface area contributed by atoms with Crippen LogP contribution in [0.2, 0.25) is 0 Å². The number of amides is 1. The molecule has 4 aliphatic carbocycles. The minimum absolute atomic E-state index is 0.0436. The van der Waals surface area contributed by atoms with E-state index < -0.39 is 0 Å². The summed E-state index contributed by atoms with van der Waals surface area (Å²) in [7, 11) is 1.64. The van der Waals surface area contributed by atoms with Gasteiger partial charge in [-0.3, -0.25) is 4.79 Å². The Morgan fingerprint density at radius 3 is 2.38 bits per heavy atom. The highest BCUT2D eigenvalue weighted by Gasteiger charge is 2.50. The summed E-state index contributed by atoms with van der Waals surface area (Å²) in [6, 6.07) is 5.78. The molecule has 0 heterocycles. The fourth-order valence-electron chi connectivity index (χ4n) is 5.65. The Labute approximate surface area is 144 Å². The predicted octanol–water partition coefficient (Wildman–Crippen LogP) is 3.50. The van der Waals surface area contributed by atoms with Crippen LogP contribution in [0.5, 0.6) is 5.75 Å². The van der Waals surface area contributed by atoms with E-state index in [1.165, 1.54) is 38.5 Å². The zero-order valence-corrected chi connectivity index (χ0v) is 14.7. The van der Waals surface area contributed by atoms with Gasteiger partial charge in [-0.2, -0.15) is 0 Å². The summed E-state index contributed by atoms with van der Waals surface area (Å²) >= 11 is 0. The maximum absolute atomic E-state index is 12.4. The van der Waals surface area contributed by atoms with E-state index in [1.54, 1.807) is 7.11 Å². The van der Waals surface area contributed by atoms with Gasteiger partial charge in [-0.1, -0.05) is 6.07 Å². The molecule has 24 heavy (non-hydrogen) atoms. The molecule has 0 saturated heterocycles. The number of hydrogen-bond donors (Lipinski definition) is 2. The summed E-state index contributed by atoms with van der Waals surface area (Å²) in [6.45, 7) is 2.41. The number of aryl methyl sites for hydroxylation is 1. The van der Waals surface area contributed by atoms with Gasteiger partial charge in [0.15, 0.2) is 0 Å². The van der Waals surface area contributed by atoms with Gasteiger partial charge >= 0.3 is 0 Å². The third-order valence-corrected chi connectivity index (χ3v) is 6.38. The lowest BCUT2D eigenvalue weighted by atomic mass is 9.53. The van der Waals surface area contributed by atoms with Crippen molar-refractivity contribution < 1.29 is 9.53 Å². The quantitative estimate of drug-likeness (QED) is 0.870. The molecule has 4 nitrogen and oxygen atoms in total. The maximum atomic E-state index is 12.4. The lowest BCUT2D eigenvalue weighted by Crippen LogP contribution is -2.59. The average molecular weight is 328 g/mol. The van der Waals surface area contributed by atoms with Crippen molar-refractivity contribution in [1.29, 1.82) is 0 Å². The summed E-state index contributed by atoms with van der Waals surface area (Å²) in [4.78, 5) is 12.4. The van der Waals surface area contributed by atoms with Crippen LogP contribution in [-0.4, -0.2) is 25.1 Å². The molecule has 2 N–H and O–H groups in total. The SMILES string of the molecule is COc1ccc(C)c(NC(=O)CNC23CC4CC(CC(C4)C2)C3)c1. The Bertz CT molecular complexity index is 605. The van der Waals surface area contributed by atoms with E-state index in [2.05, 4.69) is 10.6 Å². The van der Waals surface area contributed by atoms with Crippen LogP contribution < -0.4 is 15.4 Å². The van der Waals surface area contributed by atoms with Crippen molar-refractivity contribution in [1.82, 2.24) is 5.32 Å². The van der Waals surface area contributed by atoms with Gasteiger partial charge in [0.2, 0.25) is 5.91 Å². The van der Waals surface area contributed by atoms with Crippen molar-refractivity contribution in [2.75, 3.05) is 19.0 Å². The molecule has 0 radical (unpaired) electrons. The molecular weight excluding hydrogens is 300 g/mol. The maximum Gasteiger partial charge on any atom is 0.238 e. The highest BCUT2D eigenvalue weighted by Crippen LogP contribution is 2.55. The molecule has 1 aromatic rings. The second kappa shape index (κ2) is 6.07. The number of benzene rings is 1. The van der Waals surface area contributed by atoms with Crippen LogP contribution in [0.3, 0.4) is 0 Å². The van der Waals surface area contributed by atoms with E-state index >= 15 is 0 Å². The van der Waals surface area contributed by atoms with Crippen molar-refractivity contribution in [3.8, 4) is 5.75 Å². The highest BCUT2D eigenvalue weighted by atomic mass is 16.5. The van der Waals surface area contributed by atoms with Gasteiger partial charge in [0, 0.05) is 17.3 Å². The Morgan fingerprint density at radius 1 is 1.17 bits per heavy atom. The van der Waals surface area contributed by atoms with Crippen LogP contribution in [0.25, 0.3) is 0 Å². The number of rotatable bonds is 5. The third-order valence-electron chi connectivity index (χ3n) is 6.38. The first-order valence-electron chi connectivity index (χ1n) is 9.25. The minimum Gasteiger partial charge on any atom is -0.497 e. The number of hydrogen-bond acceptors (Lipinski definition) is 3. The summed E-state index contributed by atoms with van der Waals surface area (Å²) in [5.74, 6) is 3.50. The van der Waals surface area contributed by atoms with E-state index in [1.807, 2.05) is 25.1 Å². The van der Waals surface area contributed by atoms with Crippen LogP contribution in [0.1, 0.15) is 44.1 Å². The van der Waals surface area contributed by atoms with Gasteiger partial charge < -0.3 is 15.4 Å². The Hall–Kier alpha value is -1.55. The van der Waals surface area contributed by atoms with E-state index in [4.69, 9.17) is 4.74 Å². The lowest BCUT2D eigenvalue weighted by molar-refractivity contribution is -0.116. The summed E-state index contributed by atoms with van der Waals surface area (Å²) < 4.78 is 5.25. The van der Waals surface area contributed by atoms with Crippen molar-refractivity contribution in [2.24, 2.45) is 17.8 Å². The zero-order chi connectivity index (χ0) is 16.7. The van der Waals surface area contributed by atoms with Gasteiger partial charge in [-0.25, -0.2) is 0 Å². The number of carbonyl (C=O) groups excluding carboxylic acids is 1. The fourth-order valence-corrected chi connectivity index (χ4v) is 5.65. The molecule has 0 aliphatic heterocycles. The summed E-state index contributed by atoms with van der Waals surface area (Å²) in [5, 5.41) is 6.69. The lowest BCUT2D eigenvalue weighted by Gasteiger charge is -2.57. The molecule has 130 valence electrons. The summed E-state index contributed by atoms with van der Waals surface area (Å²) in [6.07, 6.45) is 8.09. The molecule has 1 amide bonds. The number of anilines is 1. The van der Waals surface area contributed by atoms with E-state index in [9.17, 15) is 4.79 Å². The molecule has 0 unspecified atom stereocenters. The molecule has 0 atom stereocenters. The minimum atomic E-state index is 0.0436. The van der Waals surface area contributed by atoms with Crippen molar-refractivity contribution >= 4 is 11.6 Å². The second-order valence-corrected chi connectivity index (χ2v) is 8.28. The van der Waals surface area contributed by atoms with Crippen LogP contribution in [0.15, 0.2) is 18.2 Å². The first-order chi connectivity index (χ1) is 11.5. The predicted molar refractivity (Wildman–Crippen MR) is 95.3 cm³/mol. The standard InChI is InChI=1S/C20H28N2O2/c1-13-3-4-17(24-2)8-18(13)22-19(23)12-21-20-9-14-5-15(10-20)7-16(6-14)11-20/h3-4,8,14-16,21H,5-7,9-12H2,1-2H3,(H,22,23). The topological polar surface area (TPSA) is 50.4 Å². The van der Waals surface area contributed by atoms with Crippen molar-refractivity contribution in [3.05, 3.63) is 23.8 Å². The third kappa shape index (κ3) is 3.04. The molecule has 4 fully saturated rings. The van der Waals surface area contributed by atoms with Gasteiger partial charge in [0.05, 0.1) is 13.7 Å². The Balaban J connectivity index is 1.37. The Kier molecular flexibility index (Phi) is 4.03. The molecule has 4 saturated carbocycles. The van der Waals surface area contributed by atoms with Gasteiger partial charge in [0.25, 0.3) is 0 Å². The summed E-state index contributed by atoms with van der Waals surface area (Å²) in [5.41, 5.74) is 2.13. The van der Waals surface area contributed by atoms with E-state index in [-0.39, 0.29) is 11.4 Å². The first kappa shape index (κ1) is 15.9. The highest BCUT2D eigenvalue weighted by molar-refractivity contribution is 5.93. The molecule has 4 bridgehead atoms. The molecule has 5 rings (SSSR count). The van der Waals surface area contributed by atoms with Crippen LogP contribution >= 0.6 is 0 Å². The van der Waals surface area contributed by atoms with Gasteiger partial charge in [-0.15, -0.1) is 0 Å². The van der Waals surface area contributed by atoms with Crippen LogP contribution in [-0.2, 0) is 4.79 Å². The van der Waals surface area contributed by atoms with Crippen LogP contribution in [0.4, 0.5) is 5.69 Å². The van der Waals surface area contributed by atoms with Gasteiger partial charge in [-0.05, 0) is 74.8 Å². The number of nitrogens with one attached hydrogen (secondary N) is 2. The van der Waals surface area contributed by atoms with Gasteiger partial charge in [0.1, 0.15) is 5.75 Å². The molecule has 4 aliphatic rings. The largest absolute Gasteiger partial charge is 0.497 e. The molecular formula is C20H28N2O2. The monoisotopic (exact) mass is 328 g/mol. The fraction of sp³-hybridized carbons (Fsp3) is 0.650. The average Bonchev–Trinajstić information content (AvgIpc) is 2.54. The Morgan fingerprint density at radius 2 is 1.79 bits per heavy atom. The molecule has 0 aromatic heterocycles.